The molecule has 3 nitrogen and oxygen atoms in total. The summed E-state index contributed by atoms with van der Waals surface area (Å²) in [5.41, 5.74) is 1.10. The van der Waals surface area contributed by atoms with Gasteiger partial charge in [0.05, 0.1) is 12.3 Å². The number of hydrogen-bond acceptors (Lipinski definition) is 3. The highest BCUT2D eigenvalue weighted by Gasteiger charge is 2.16. The van der Waals surface area contributed by atoms with Crippen molar-refractivity contribution in [3.05, 3.63) is 24.3 Å². The van der Waals surface area contributed by atoms with E-state index in [1.54, 1.807) is 0 Å². The summed E-state index contributed by atoms with van der Waals surface area (Å²) in [6.07, 6.45) is 5.16. The first-order valence-electron chi connectivity index (χ1n) is 7.51. The zero-order chi connectivity index (χ0) is 13.5. The van der Waals surface area contributed by atoms with Crippen LogP contribution in [0.3, 0.4) is 0 Å². The molecular formula is C16H26N2O. The lowest BCUT2D eigenvalue weighted by Gasteiger charge is -2.27. The first-order valence-corrected chi connectivity index (χ1v) is 7.51. The first-order chi connectivity index (χ1) is 9.29. The lowest BCUT2D eigenvalue weighted by molar-refractivity contribution is 0.340. The van der Waals surface area contributed by atoms with E-state index in [1.807, 2.05) is 19.1 Å². The van der Waals surface area contributed by atoms with Gasteiger partial charge in [0.2, 0.25) is 0 Å². The number of hydrogen-bond donors (Lipinski definition) is 2. The summed E-state index contributed by atoms with van der Waals surface area (Å²) in [5, 5.41) is 7.18. The van der Waals surface area contributed by atoms with E-state index in [2.05, 4.69) is 29.7 Å². The van der Waals surface area contributed by atoms with Gasteiger partial charge in [-0.2, -0.15) is 0 Å². The van der Waals surface area contributed by atoms with Gasteiger partial charge in [0.1, 0.15) is 5.75 Å². The molecule has 106 valence electrons. The van der Waals surface area contributed by atoms with Gasteiger partial charge in [0.25, 0.3) is 0 Å². The van der Waals surface area contributed by atoms with Crippen LogP contribution < -0.4 is 15.4 Å². The molecule has 19 heavy (non-hydrogen) atoms. The summed E-state index contributed by atoms with van der Waals surface area (Å²) >= 11 is 0. The molecule has 0 bridgehead atoms. The smallest absolute Gasteiger partial charge is 0.142 e. The van der Waals surface area contributed by atoms with E-state index >= 15 is 0 Å². The van der Waals surface area contributed by atoms with Gasteiger partial charge in [-0.15, -0.1) is 0 Å². The Balaban J connectivity index is 1.88. The number of ether oxygens (including phenoxy) is 1. The van der Waals surface area contributed by atoms with Crippen LogP contribution in [0.1, 0.15) is 39.5 Å². The van der Waals surface area contributed by atoms with Crippen molar-refractivity contribution in [3.8, 4) is 5.75 Å². The fourth-order valence-corrected chi connectivity index (χ4v) is 2.74. The zero-order valence-electron chi connectivity index (χ0n) is 12.1. The van der Waals surface area contributed by atoms with Gasteiger partial charge < -0.3 is 15.4 Å². The Hall–Kier alpha value is -1.22. The molecular weight excluding hydrogens is 236 g/mol. The second-order valence-electron chi connectivity index (χ2n) is 5.36. The maximum absolute atomic E-state index is 5.65. The molecule has 2 rings (SSSR count). The molecule has 2 N–H and O–H groups in total. The lowest BCUT2D eigenvalue weighted by Crippen LogP contribution is -2.37. The molecule has 1 aromatic carbocycles. The van der Waals surface area contributed by atoms with E-state index in [0.717, 1.165) is 11.4 Å². The highest BCUT2D eigenvalue weighted by Crippen LogP contribution is 2.25. The van der Waals surface area contributed by atoms with Crippen LogP contribution in [0.2, 0.25) is 0 Å². The fourth-order valence-electron chi connectivity index (χ4n) is 2.74. The van der Waals surface area contributed by atoms with Crippen molar-refractivity contribution in [1.29, 1.82) is 0 Å². The van der Waals surface area contributed by atoms with Crippen LogP contribution in [-0.4, -0.2) is 25.2 Å². The molecule has 1 aromatic rings. The summed E-state index contributed by atoms with van der Waals surface area (Å²) in [6.45, 7) is 6.15. The molecule has 2 unspecified atom stereocenters. The second-order valence-corrected chi connectivity index (χ2v) is 5.36. The average Bonchev–Trinajstić information content (AvgIpc) is 2.42. The predicted octanol–water partition coefficient (Wildman–Crippen LogP) is 3.42. The van der Waals surface area contributed by atoms with Crippen molar-refractivity contribution >= 4 is 5.69 Å². The number of para-hydroxylation sites is 2. The molecule has 1 aliphatic heterocycles. The molecule has 0 aromatic heterocycles. The molecule has 0 spiro atoms. The molecule has 0 radical (unpaired) electrons. The van der Waals surface area contributed by atoms with Crippen molar-refractivity contribution in [2.45, 2.75) is 51.6 Å². The van der Waals surface area contributed by atoms with Gasteiger partial charge in [-0.25, -0.2) is 0 Å². The monoisotopic (exact) mass is 262 g/mol. The van der Waals surface area contributed by atoms with Gasteiger partial charge in [0, 0.05) is 12.1 Å². The summed E-state index contributed by atoms with van der Waals surface area (Å²) in [4.78, 5) is 0. The highest BCUT2D eigenvalue weighted by atomic mass is 16.5. The quantitative estimate of drug-likeness (QED) is 0.824. The standard InChI is InChI=1S/C16H26N2O/c1-3-19-16-10-5-4-9-15(16)18-13(2)12-14-8-6-7-11-17-14/h4-5,9-10,13-14,17-18H,3,6-8,11-12H2,1-2H3. The predicted molar refractivity (Wildman–Crippen MR) is 81.0 cm³/mol. The maximum atomic E-state index is 5.65. The van der Waals surface area contributed by atoms with Gasteiger partial charge in [-0.05, 0) is 51.8 Å². The molecule has 1 saturated heterocycles. The average molecular weight is 262 g/mol. The van der Waals surface area contributed by atoms with E-state index in [1.165, 1.54) is 32.2 Å². The summed E-state index contributed by atoms with van der Waals surface area (Å²) < 4.78 is 5.65. The third-order valence-electron chi connectivity index (χ3n) is 3.64. The minimum Gasteiger partial charge on any atom is -0.492 e. The van der Waals surface area contributed by atoms with Gasteiger partial charge in [0.15, 0.2) is 0 Å². The van der Waals surface area contributed by atoms with E-state index in [4.69, 9.17) is 4.74 Å². The van der Waals surface area contributed by atoms with Crippen molar-refractivity contribution in [2.75, 3.05) is 18.5 Å². The SMILES string of the molecule is CCOc1ccccc1NC(C)CC1CCCCN1. The Kier molecular flexibility index (Phi) is 5.52. The number of piperidine rings is 1. The molecule has 0 saturated carbocycles. The summed E-state index contributed by atoms with van der Waals surface area (Å²) in [6, 6.07) is 9.31. The minimum absolute atomic E-state index is 0.456. The van der Waals surface area contributed by atoms with Crippen LogP contribution in [0.5, 0.6) is 5.75 Å². The summed E-state index contributed by atoms with van der Waals surface area (Å²) in [5.74, 6) is 0.952. The topological polar surface area (TPSA) is 33.3 Å². The van der Waals surface area contributed by atoms with Crippen molar-refractivity contribution in [2.24, 2.45) is 0 Å². The van der Waals surface area contributed by atoms with Gasteiger partial charge >= 0.3 is 0 Å². The normalized spacial score (nSPS) is 20.8. The van der Waals surface area contributed by atoms with Crippen molar-refractivity contribution in [3.63, 3.8) is 0 Å². The molecule has 1 fully saturated rings. The minimum atomic E-state index is 0.456. The Morgan fingerprint density at radius 1 is 1.37 bits per heavy atom. The highest BCUT2D eigenvalue weighted by molar-refractivity contribution is 5.56. The maximum Gasteiger partial charge on any atom is 0.142 e. The number of benzene rings is 1. The Bertz CT molecular complexity index is 375. The fraction of sp³-hybridized carbons (Fsp3) is 0.625. The molecule has 1 heterocycles. The Morgan fingerprint density at radius 2 is 2.21 bits per heavy atom. The van der Waals surface area contributed by atoms with E-state index in [-0.39, 0.29) is 0 Å². The largest absolute Gasteiger partial charge is 0.492 e. The molecule has 3 heteroatoms. The first kappa shape index (κ1) is 14.2. The van der Waals surface area contributed by atoms with Crippen molar-refractivity contribution < 1.29 is 4.74 Å². The van der Waals surface area contributed by atoms with E-state index in [9.17, 15) is 0 Å². The van der Waals surface area contributed by atoms with Crippen LogP contribution >= 0.6 is 0 Å². The van der Waals surface area contributed by atoms with Crippen LogP contribution in [0.15, 0.2) is 24.3 Å². The number of nitrogens with one attached hydrogen (secondary N) is 2. The number of rotatable bonds is 6. The molecule has 0 amide bonds. The molecule has 2 atom stereocenters. The third-order valence-corrected chi connectivity index (χ3v) is 3.64. The number of anilines is 1. The van der Waals surface area contributed by atoms with Gasteiger partial charge in [-0.1, -0.05) is 18.6 Å². The Morgan fingerprint density at radius 3 is 2.95 bits per heavy atom. The second kappa shape index (κ2) is 7.39. The van der Waals surface area contributed by atoms with E-state index in [0.29, 0.717) is 18.7 Å². The Labute approximate surface area is 116 Å². The molecule has 1 aliphatic rings. The summed E-state index contributed by atoms with van der Waals surface area (Å²) in [7, 11) is 0. The van der Waals surface area contributed by atoms with Crippen LogP contribution in [0.4, 0.5) is 5.69 Å². The van der Waals surface area contributed by atoms with Crippen LogP contribution in [0.25, 0.3) is 0 Å². The molecule has 0 aliphatic carbocycles. The van der Waals surface area contributed by atoms with Gasteiger partial charge in [-0.3, -0.25) is 0 Å². The van der Waals surface area contributed by atoms with Crippen molar-refractivity contribution in [1.82, 2.24) is 5.32 Å². The third kappa shape index (κ3) is 4.43. The zero-order valence-corrected chi connectivity index (χ0v) is 12.1. The van der Waals surface area contributed by atoms with E-state index < -0.39 is 0 Å². The lowest BCUT2D eigenvalue weighted by atomic mass is 9.98. The van der Waals surface area contributed by atoms with Crippen LogP contribution in [0, 0.1) is 0 Å². The van der Waals surface area contributed by atoms with Crippen LogP contribution in [-0.2, 0) is 0 Å².